The molecule has 2 rings (SSSR count). The summed E-state index contributed by atoms with van der Waals surface area (Å²) in [6.45, 7) is 1.95. The van der Waals surface area contributed by atoms with Gasteiger partial charge in [0.15, 0.2) is 0 Å². The zero-order valence-electron chi connectivity index (χ0n) is 11.1. The lowest BCUT2D eigenvalue weighted by molar-refractivity contribution is -0.136. The van der Waals surface area contributed by atoms with Gasteiger partial charge in [0.1, 0.15) is 12.1 Å². The summed E-state index contributed by atoms with van der Waals surface area (Å²) in [6.07, 6.45) is 1.91. The number of carbonyl (C=O) groups is 2. The van der Waals surface area contributed by atoms with Crippen molar-refractivity contribution in [3.05, 3.63) is 35.9 Å². The third-order valence-electron chi connectivity index (χ3n) is 3.37. The maximum Gasteiger partial charge on any atom is 0.244 e. The molecular weight excluding hydrogens is 260 g/mol. The van der Waals surface area contributed by atoms with Gasteiger partial charge in [-0.25, -0.2) is 0 Å². The van der Waals surface area contributed by atoms with Crippen LogP contribution in [0.3, 0.4) is 0 Å². The van der Waals surface area contributed by atoms with Crippen molar-refractivity contribution < 1.29 is 9.59 Å². The van der Waals surface area contributed by atoms with Gasteiger partial charge >= 0.3 is 0 Å². The van der Waals surface area contributed by atoms with Gasteiger partial charge in [-0.3, -0.25) is 9.59 Å². The average Bonchev–Trinajstić information content (AvgIpc) is 2.43. The van der Waals surface area contributed by atoms with Gasteiger partial charge in [0.05, 0.1) is 0 Å². The van der Waals surface area contributed by atoms with Gasteiger partial charge in [-0.2, -0.15) is 11.8 Å². The summed E-state index contributed by atoms with van der Waals surface area (Å²) < 4.78 is 0. The standard InChI is InChI=1S/C14H18N2O2S/c1-9(10-6-4-3-5-7-10)12-14(18)15-11(8-19-2)13(17)16-12/h3-7,9,11-12H,8H2,1-2H3,(H,15,18)(H,16,17)/t9?,11-,12?/m0/s1. The summed E-state index contributed by atoms with van der Waals surface area (Å²) in [7, 11) is 0. The first-order valence-corrected chi connectivity index (χ1v) is 7.67. The fourth-order valence-electron chi connectivity index (χ4n) is 2.23. The van der Waals surface area contributed by atoms with E-state index in [4.69, 9.17) is 0 Å². The molecule has 3 atom stereocenters. The molecular formula is C14H18N2O2S. The van der Waals surface area contributed by atoms with Crippen molar-refractivity contribution in [1.82, 2.24) is 10.6 Å². The number of carbonyl (C=O) groups excluding carboxylic acids is 2. The number of hydrogen-bond donors (Lipinski definition) is 2. The van der Waals surface area contributed by atoms with Crippen molar-refractivity contribution in [2.24, 2.45) is 0 Å². The SMILES string of the molecule is CSC[C@@H]1NC(=O)C(C(C)c2ccccc2)NC1=O. The molecule has 1 fully saturated rings. The molecule has 102 valence electrons. The third-order valence-corrected chi connectivity index (χ3v) is 4.04. The van der Waals surface area contributed by atoms with Gasteiger partial charge in [-0.15, -0.1) is 0 Å². The van der Waals surface area contributed by atoms with Crippen molar-refractivity contribution in [3.63, 3.8) is 0 Å². The Labute approximate surface area is 117 Å². The van der Waals surface area contributed by atoms with Crippen LogP contribution in [-0.2, 0) is 9.59 Å². The van der Waals surface area contributed by atoms with Gasteiger partial charge in [0.2, 0.25) is 11.8 Å². The van der Waals surface area contributed by atoms with Crippen molar-refractivity contribution >= 4 is 23.6 Å². The van der Waals surface area contributed by atoms with Gasteiger partial charge < -0.3 is 10.6 Å². The molecule has 5 heteroatoms. The minimum Gasteiger partial charge on any atom is -0.342 e. The van der Waals surface area contributed by atoms with E-state index in [2.05, 4.69) is 10.6 Å². The molecule has 4 nitrogen and oxygen atoms in total. The third kappa shape index (κ3) is 3.10. The Hall–Kier alpha value is -1.49. The summed E-state index contributed by atoms with van der Waals surface area (Å²) >= 11 is 1.54. The highest BCUT2D eigenvalue weighted by atomic mass is 32.2. The molecule has 2 amide bonds. The Bertz CT molecular complexity index is 464. The van der Waals surface area contributed by atoms with Crippen LogP contribution in [0.25, 0.3) is 0 Å². The fourth-order valence-corrected chi connectivity index (χ4v) is 2.80. The van der Waals surface area contributed by atoms with Gasteiger partial charge in [0, 0.05) is 11.7 Å². The lowest BCUT2D eigenvalue weighted by Crippen LogP contribution is -2.63. The highest BCUT2D eigenvalue weighted by Gasteiger charge is 2.36. The average molecular weight is 278 g/mol. The summed E-state index contributed by atoms with van der Waals surface area (Å²) in [4.78, 5) is 24.0. The molecule has 2 unspecified atom stereocenters. The Morgan fingerprint density at radius 1 is 1.16 bits per heavy atom. The molecule has 0 aliphatic carbocycles. The number of rotatable bonds is 4. The van der Waals surface area contributed by atoms with E-state index in [-0.39, 0.29) is 17.7 Å². The van der Waals surface area contributed by atoms with Crippen molar-refractivity contribution in [2.75, 3.05) is 12.0 Å². The number of thioether (sulfide) groups is 1. The Morgan fingerprint density at radius 2 is 1.84 bits per heavy atom. The molecule has 0 bridgehead atoms. The van der Waals surface area contributed by atoms with Crippen molar-refractivity contribution in [2.45, 2.75) is 24.9 Å². The number of amides is 2. The van der Waals surface area contributed by atoms with Crippen LogP contribution in [0.5, 0.6) is 0 Å². The molecule has 19 heavy (non-hydrogen) atoms. The molecule has 1 heterocycles. The lowest BCUT2D eigenvalue weighted by Gasteiger charge is -2.32. The predicted octanol–water partition coefficient (Wildman–Crippen LogP) is 1.14. The Balaban J connectivity index is 2.10. The second-order valence-electron chi connectivity index (χ2n) is 4.70. The zero-order valence-corrected chi connectivity index (χ0v) is 11.9. The molecule has 0 radical (unpaired) electrons. The summed E-state index contributed by atoms with van der Waals surface area (Å²) in [5, 5.41) is 5.63. The van der Waals surface area contributed by atoms with Crippen molar-refractivity contribution in [3.8, 4) is 0 Å². The first-order valence-electron chi connectivity index (χ1n) is 6.28. The van der Waals surface area contributed by atoms with Crippen LogP contribution in [0, 0.1) is 0 Å². The Morgan fingerprint density at radius 3 is 2.47 bits per heavy atom. The molecule has 1 aromatic rings. The number of hydrogen-bond acceptors (Lipinski definition) is 3. The first-order chi connectivity index (χ1) is 9.13. The van der Waals surface area contributed by atoms with Crippen LogP contribution < -0.4 is 10.6 Å². The number of piperazine rings is 1. The molecule has 1 saturated heterocycles. The minimum absolute atomic E-state index is 0.0413. The van der Waals surface area contributed by atoms with Gasteiger partial charge in [0.25, 0.3) is 0 Å². The predicted molar refractivity (Wildman–Crippen MR) is 77.1 cm³/mol. The second kappa shape index (κ2) is 6.10. The van der Waals surface area contributed by atoms with E-state index in [0.29, 0.717) is 5.75 Å². The zero-order chi connectivity index (χ0) is 13.8. The lowest BCUT2D eigenvalue weighted by atomic mass is 9.91. The topological polar surface area (TPSA) is 58.2 Å². The van der Waals surface area contributed by atoms with Gasteiger partial charge in [-0.05, 0) is 11.8 Å². The summed E-state index contributed by atoms with van der Waals surface area (Å²) in [5.74, 6) is 0.362. The van der Waals surface area contributed by atoms with Crippen LogP contribution in [0.4, 0.5) is 0 Å². The largest absolute Gasteiger partial charge is 0.342 e. The molecule has 0 spiro atoms. The van der Waals surface area contributed by atoms with E-state index in [1.54, 1.807) is 11.8 Å². The van der Waals surface area contributed by atoms with Crippen molar-refractivity contribution in [1.29, 1.82) is 0 Å². The van der Waals surface area contributed by atoms with Gasteiger partial charge in [-0.1, -0.05) is 37.3 Å². The molecule has 2 N–H and O–H groups in total. The highest BCUT2D eigenvalue weighted by molar-refractivity contribution is 7.98. The van der Waals surface area contributed by atoms with E-state index in [1.165, 1.54) is 0 Å². The van der Waals surface area contributed by atoms with Crippen LogP contribution in [0.1, 0.15) is 18.4 Å². The number of nitrogens with one attached hydrogen (secondary N) is 2. The summed E-state index contributed by atoms with van der Waals surface area (Å²) in [6, 6.07) is 8.84. The van der Waals surface area contributed by atoms with E-state index in [0.717, 1.165) is 5.56 Å². The van der Waals surface area contributed by atoms with Crippen LogP contribution >= 0.6 is 11.8 Å². The smallest absolute Gasteiger partial charge is 0.244 e. The molecule has 0 saturated carbocycles. The Kier molecular flexibility index (Phi) is 4.47. The van der Waals surface area contributed by atoms with E-state index in [9.17, 15) is 9.59 Å². The molecule has 1 aliphatic rings. The summed E-state index contributed by atoms with van der Waals surface area (Å²) in [5.41, 5.74) is 1.05. The van der Waals surface area contributed by atoms with E-state index < -0.39 is 12.1 Å². The van der Waals surface area contributed by atoms with Crippen LogP contribution in [0.15, 0.2) is 30.3 Å². The maximum atomic E-state index is 12.1. The maximum absolute atomic E-state index is 12.1. The minimum atomic E-state index is -0.493. The molecule has 0 aromatic heterocycles. The normalized spacial score (nSPS) is 24.5. The highest BCUT2D eigenvalue weighted by Crippen LogP contribution is 2.21. The monoisotopic (exact) mass is 278 g/mol. The molecule has 1 aliphatic heterocycles. The number of benzene rings is 1. The van der Waals surface area contributed by atoms with E-state index in [1.807, 2.05) is 43.5 Å². The quantitative estimate of drug-likeness (QED) is 0.868. The second-order valence-corrected chi connectivity index (χ2v) is 5.61. The fraction of sp³-hybridized carbons (Fsp3) is 0.429. The van der Waals surface area contributed by atoms with E-state index >= 15 is 0 Å². The molecule has 1 aromatic carbocycles. The first kappa shape index (κ1) is 13.9. The van der Waals surface area contributed by atoms with Crippen LogP contribution in [0.2, 0.25) is 0 Å². The van der Waals surface area contributed by atoms with Crippen LogP contribution in [-0.4, -0.2) is 35.9 Å².